The average molecular weight is 295 g/mol. The summed E-state index contributed by atoms with van der Waals surface area (Å²) in [5.74, 6) is 0.0983. The molecule has 2 rings (SSSR count). The lowest BCUT2D eigenvalue weighted by Gasteiger charge is -2.07. The van der Waals surface area contributed by atoms with Crippen LogP contribution in [0.1, 0.15) is 22.8 Å². The molecule has 4 nitrogen and oxygen atoms in total. The highest BCUT2D eigenvalue weighted by Crippen LogP contribution is 2.24. The molecule has 0 spiro atoms. The fraction of sp³-hybridized carbons (Fsp3) is 0.111. The molecule has 1 aromatic carbocycles. The third-order valence-corrected chi connectivity index (χ3v) is 2.83. The van der Waals surface area contributed by atoms with Gasteiger partial charge in [0.1, 0.15) is 18.1 Å². The Morgan fingerprint density at radius 3 is 2.86 bits per heavy atom. The Labute approximate surface area is 129 Å². The lowest BCUT2D eigenvalue weighted by Crippen LogP contribution is -1.99. The number of hydrogen-bond acceptors (Lipinski definition) is 4. The summed E-state index contributed by atoms with van der Waals surface area (Å²) in [5.41, 5.74) is 1.92. The number of nitrogens with zero attached hydrogens (tertiary/aromatic N) is 1. The maximum Gasteiger partial charge on any atom is 0.189 e. The summed E-state index contributed by atoms with van der Waals surface area (Å²) in [5, 5.41) is 9.95. The van der Waals surface area contributed by atoms with Gasteiger partial charge < -0.3 is 9.84 Å². The molecule has 22 heavy (non-hydrogen) atoms. The van der Waals surface area contributed by atoms with Gasteiger partial charge in [-0.3, -0.25) is 9.78 Å². The molecule has 4 heteroatoms. The van der Waals surface area contributed by atoms with Crippen molar-refractivity contribution in [3.63, 3.8) is 0 Å². The van der Waals surface area contributed by atoms with Crippen molar-refractivity contribution >= 4 is 11.9 Å². The second-order valence-electron chi connectivity index (χ2n) is 4.91. The molecule has 0 radical (unpaired) electrons. The number of pyridine rings is 1. The molecule has 0 saturated heterocycles. The first-order valence-corrected chi connectivity index (χ1v) is 6.79. The van der Waals surface area contributed by atoms with Gasteiger partial charge >= 0.3 is 0 Å². The molecule has 0 aliphatic carbocycles. The van der Waals surface area contributed by atoms with Gasteiger partial charge in [0.05, 0.1) is 5.56 Å². The van der Waals surface area contributed by atoms with E-state index in [0.29, 0.717) is 12.4 Å². The number of carbonyl (C=O) groups is 1. The molecule has 0 unspecified atom stereocenters. The SMILES string of the molecule is C=C(C)COc1ccc(C(=O)C=Cc2cccnc2)c(O)c1. The number of carbonyl (C=O) groups excluding carboxylic acids is 1. The lowest BCUT2D eigenvalue weighted by molar-refractivity contribution is 0.104. The zero-order valence-electron chi connectivity index (χ0n) is 12.3. The Morgan fingerprint density at radius 2 is 2.23 bits per heavy atom. The van der Waals surface area contributed by atoms with Gasteiger partial charge in [-0.05, 0) is 48.4 Å². The van der Waals surface area contributed by atoms with Crippen LogP contribution in [-0.4, -0.2) is 22.5 Å². The first-order chi connectivity index (χ1) is 10.6. The number of aromatic nitrogens is 1. The van der Waals surface area contributed by atoms with Crippen molar-refractivity contribution in [3.05, 3.63) is 72.1 Å². The van der Waals surface area contributed by atoms with E-state index in [1.165, 1.54) is 12.1 Å². The van der Waals surface area contributed by atoms with Gasteiger partial charge in [-0.1, -0.05) is 12.6 Å². The largest absolute Gasteiger partial charge is 0.507 e. The Morgan fingerprint density at radius 1 is 1.41 bits per heavy atom. The highest BCUT2D eigenvalue weighted by atomic mass is 16.5. The number of rotatable bonds is 6. The number of benzene rings is 1. The van der Waals surface area contributed by atoms with Crippen LogP contribution in [0, 0.1) is 0 Å². The van der Waals surface area contributed by atoms with Crippen LogP contribution in [0.15, 0.2) is 61.0 Å². The summed E-state index contributed by atoms with van der Waals surface area (Å²) in [6.45, 7) is 5.95. The first-order valence-electron chi connectivity index (χ1n) is 6.79. The number of ketones is 1. The third kappa shape index (κ3) is 4.31. The number of ether oxygens (including phenoxy) is 1. The molecule has 0 aliphatic heterocycles. The minimum Gasteiger partial charge on any atom is -0.507 e. The average Bonchev–Trinajstić information content (AvgIpc) is 2.51. The maximum atomic E-state index is 12.1. The van der Waals surface area contributed by atoms with E-state index in [9.17, 15) is 9.90 Å². The molecule has 2 aromatic rings. The first kappa shape index (κ1) is 15.5. The van der Waals surface area contributed by atoms with Gasteiger partial charge in [-0.2, -0.15) is 0 Å². The van der Waals surface area contributed by atoms with Crippen molar-refractivity contribution < 1.29 is 14.6 Å². The number of aromatic hydroxyl groups is 1. The van der Waals surface area contributed by atoms with Crippen LogP contribution >= 0.6 is 0 Å². The summed E-state index contributed by atoms with van der Waals surface area (Å²) >= 11 is 0. The van der Waals surface area contributed by atoms with E-state index in [0.717, 1.165) is 11.1 Å². The zero-order chi connectivity index (χ0) is 15.9. The van der Waals surface area contributed by atoms with Crippen LogP contribution in [0.3, 0.4) is 0 Å². The van der Waals surface area contributed by atoms with Gasteiger partial charge in [-0.25, -0.2) is 0 Å². The molecule has 0 atom stereocenters. The highest BCUT2D eigenvalue weighted by Gasteiger charge is 2.09. The van der Waals surface area contributed by atoms with E-state index in [1.807, 2.05) is 13.0 Å². The quantitative estimate of drug-likeness (QED) is 0.502. The fourth-order valence-corrected chi connectivity index (χ4v) is 1.75. The van der Waals surface area contributed by atoms with E-state index >= 15 is 0 Å². The summed E-state index contributed by atoms with van der Waals surface area (Å²) in [6.07, 6.45) is 6.37. The molecule has 112 valence electrons. The summed E-state index contributed by atoms with van der Waals surface area (Å²) < 4.78 is 5.42. The van der Waals surface area contributed by atoms with E-state index in [4.69, 9.17) is 4.74 Å². The predicted molar refractivity (Wildman–Crippen MR) is 86.0 cm³/mol. The number of hydrogen-bond donors (Lipinski definition) is 1. The Kier molecular flexibility index (Phi) is 5.09. The summed E-state index contributed by atoms with van der Waals surface area (Å²) in [6, 6.07) is 8.24. The van der Waals surface area contributed by atoms with Crippen LogP contribution in [0.25, 0.3) is 6.08 Å². The fourth-order valence-electron chi connectivity index (χ4n) is 1.75. The van der Waals surface area contributed by atoms with E-state index in [-0.39, 0.29) is 17.1 Å². The van der Waals surface area contributed by atoms with Crippen molar-refractivity contribution in [1.82, 2.24) is 4.98 Å². The Bertz CT molecular complexity index is 706. The minimum atomic E-state index is -0.284. The van der Waals surface area contributed by atoms with Crippen LogP contribution in [0.5, 0.6) is 11.5 Å². The van der Waals surface area contributed by atoms with Crippen LogP contribution in [-0.2, 0) is 0 Å². The van der Waals surface area contributed by atoms with Crippen molar-refractivity contribution in [1.29, 1.82) is 0 Å². The molecule has 0 saturated carbocycles. The second-order valence-corrected chi connectivity index (χ2v) is 4.91. The normalized spacial score (nSPS) is 10.6. The molecule has 0 bridgehead atoms. The summed E-state index contributed by atoms with van der Waals surface area (Å²) in [4.78, 5) is 16.1. The number of phenols is 1. The van der Waals surface area contributed by atoms with E-state index < -0.39 is 0 Å². The molecular weight excluding hydrogens is 278 g/mol. The van der Waals surface area contributed by atoms with Gasteiger partial charge in [0.15, 0.2) is 5.78 Å². The monoisotopic (exact) mass is 295 g/mol. The zero-order valence-corrected chi connectivity index (χ0v) is 12.3. The van der Waals surface area contributed by atoms with Crippen LogP contribution < -0.4 is 4.74 Å². The molecule has 1 N–H and O–H groups in total. The molecule has 1 heterocycles. The molecule has 1 aromatic heterocycles. The number of allylic oxidation sites excluding steroid dienone is 1. The molecule has 0 aliphatic rings. The third-order valence-electron chi connectivity index (χ3n) is 2.83. The van der Waals surface area contributed by atoms with Crippen LogP contribution in [0.2, 0.25) is 0 Å². The standard InChI is InChI=1S/C18H17NO3/c1-13(2)12-22-15-6-7-16(18(21)10-15)17(20)8-5-14-4-3-9-19-11-14/h3-11,21H,1,12H2,2H3. The Hall–Kier alpha value is -2.88. The Balaban J connectivity index is 2.10. The maximum absolute atomic E-state index is 12.1. The smallest absolute Gasteiger partial charge is 0.189 e. The van der Waals surface area contributed by atoms with E-state index in [2.05, 4.69) is 11.6 Å². The van der Waals surface area contributed by atoms with Crippen molar-refractivity contribution in [2.75, 3.05) is 6.61 Å². The second kappa shape index (κ2) is 7.22. The predicted octanol–water partition coefficient (Wildman–Crippen LogP) is 3.64. The van der Waals surface area contributed by atoms with Crippen molar-refractivity contribution in [2.24, 2.45) is 0 Å². The van der Waals surface area contributed by atoms with Crippen LogP contribution in [0.4, 0.5) is 0 Å². The number of phenolic OH excluding ortho intramolecular Hbond substituents is 1. The minimum absolute atomic E-state index is 0.111. The highest BCUT2D eigenvalue weighted by molar-refractivity contribution is 6.08. The van der Waals surface area contributed by atoms with Gasteiger partial charge in [-0.15, -0.1) is 0 Å². The topological polar surface area (TPSA) is 59.4 Å². The lowest BCUT2D eigenvalue weighted by atomic mass is 10.1. The van der Waals surface area contributed by atoms with Crippen molar-refractivity contribution in [2.45, 2.75) is 6.92 Å². The molecular formula is C18H17NO3. The molecule has 0 fully saturated rings. The van der Waals surface area contributed by atoms with Gasteiger partial charge in [0, 0.05) is 18.5 Å². The van der Waals surface area contributed by atoms with E-state index in [1.54, 1.807) is 36.7 Å². The van der Waals surface area contributed by atoms with Gasteiger partial charge in [0.2, 0.25) is 0 Å². The van der Waals surface area contributed by atoms with Crippen molar-refractivity contribution in [3.8, 4) is 11.5 Å². The van der Waals surface area contributed by atoms with Gasteiger partial charge in [0.25, 0.3) is 0 Å². The molecule has 0 amide bonds. The summed E-state index contributed by atoms with van der Waals surface area (Å²) in [7, 11) is 0.